The molecule has 0 aromatic heterocycles. The number of aliphatic hydroxyl groups excluding tert-OH is 1. The van der Waals surface area contributed by atoms with Gasteiger partial charge in [0.2, 0.25) is 0 Å². The minimum absolute atomic E-state index is 0. The largest absolute Gasteiger partial charge is 1.00 e. The van der Waals surface area contributed by atoms with E-state index >= 15 is 0 Å². The van der Waals surface area contributed by atoms with E-state index in [0.29, 0.717) is 5.76 Å². The smallest absolute Gasteiger partial charge is 1.00 e. The Morgan fingerprint density at radius 2 is 2.57 bits per heavy atom. The first kappa shape index (κ1) is 5.05. The molecule has 0 radical (unpaired) electrons. The van der Waals surface area contributed by atoms with Crippen molar-refractivity contribution < 1.29 is 24.8 Å². The van der Waals surface area contributed by atoms with Crippen LogP contribution in [0.1, 0.15) is 7.85 Å². The number of allylic oxidation sites excluding steroid dienone is 3. The number of rotatable bonds is 0. The molecule has 1 N–H and O–H groups in total. The molecule has 0 bridgehead atoms. The van der Waals surface area contributed by atoms with Crippen LogP contribution in [0.25, 0.3) is 0 Å². The summed E-state index contributed by atoms with van der Waals surface area (Å²) in [4.78, 5) is 0. The van der Waals surface area contributed by atoms with E-state index in [1.807, 2.05) is 6.08 Å². The summed E-state index contributed by atoms with van der Waals surface area (Å²) in [5, 5.41) is 8.77. The van der Waals surface area contributed by atoms with Crippen molar-refractivity contribution in [3.8, 4) is 0 Å². The second-order valence-electron chi connectivity index (χ2n) is 1.38. The van der Waals surface area contributed by atoms with Gasteiger partial charge in [-0.2, -0.15) is 0 Å². The van der Waals surface area contributed by atoms with Crippen molar-refractivity contribution in [1.29, 1.82) is 0 Å². The Morgan fingerprint density at radius 1 is 1.86 bits per heavy atom. The molecule has 0 aromatic carbocycles. The Labute approximate surface area is 53.9 Å². The molecule has 0 unspecified atom stereocenters. The van der Waals surface area contributed by atoms with E-state index in [1.165, 1.54) is 0 Å². The summed E-state index contributed by atoms with van der Waals surface area (Å²) in [5.74, 6) is 0.413. The van der Waals surface area contributed by atoms with E-state index in [2.05, 4.69) is 18.3 Å². The summed E-state index contributed by atoms with van der Waals surface area (Å²) in [5.41, 5.74) is 0. The Bertz CT molecular complexity index is 139. The first-order valence-corrected chi connectivity index (χ1v) is 2.90. The molecule has 0 aliphatic heterocycles. The van der Waals surface area contributed by atoms with Crippen LogP contribution in [0.15, 0.2) is 22.1 Å². The third kappa shape index (κ3) is 0.917. The number of hydrogen-bond donors (Lipinski definition) is 1. The van der Waals surface area contributed by atoms with Crippen molar-refractivity contribution in [2.24, 2.45) is 0 Å². The van der Waals surface area contributed by atoms with Crippen LogP contribution in [0.2, 0.25) is 0 Å². The second kappa shape index (κ2) is 1.79. The van der Waals surface area contributed by atoms with Gasteiger partial charge in [0, 0.05) is 0 Å². The second-order valence-corrected chi connectivity index (χ2v) is 2.43. The fourth-order valence-corrected chi connectivity index (χ4v) is 0.814. The summed E-state index contributed by atoms with van der Waals surface area (Å²) < 4.78 is 0.999. The van der Waals surface area contributed by atoms with Crippen LogP contribution >= 0.6 is 0 Å². The maximum Gasteiger partial charge on any atom is -1.00 e. The topological polar surface area (TPSA) is 20.2 Å². The van der Waals surface area contributed by atoms with E-state index in [4.69, 9.17) is 5.11 Å². The van der Waals surface area contributed by atoms with Gasteiger partial charge >= 0.3 is 51.9 Å². The molecule has 7 heavy (non-hydrogen) atoms. The van der Waals surface area contributed by atoms with Gasteiger partial charge in [0.05, 0.1) is 0 Å². The van der Waals surface area contributed by atoms with Crippen molar-refractivity contribution in [2.75, 3.05) is 0 Å². The molecule has 1 aliphatic carbocycles. The van der Waals surface area contributed by atoms with Gasteiger partial charge in [0.1, 0.15) is 0 Å². The zero-order chi connectivity index (χ0) is 5.28. The summed E-state index contributed by atoms with van der Waals surface area (Å²) in [6, 6.07) is 0. The molecule has 0 atom stereocenters. The molecule has 0 amide bonds. The minimum Gasteiger partial charge on any atom is -1.00 e. The van der Waals surface area contributed by atoms with E-state index < -0.39 is 0 Å². The van der Waals surface area contributed by atoms with Crippen molar-refractivity contribution in [2.45, 2.75) is 6.42 Å². The van der Waals surface area contributed by atoms with E-state index in [1.54, 1.807) is 6.08 Å². The first-order valence-electron chi connectivity index (χ1n) is 2.03. The molecule has 0 saturated heterocycles. The molecule has 2 heteroatoms. The van der Waals surface area contributed by atoms with E-state index in [0.717, 1.165) is 10.6 Å². The predicted octanol–water partition coefficient (Wildman–Crippen LogP) is 1.38. The average molecular weight is 183 g/mol. The van der Waals surface area contributed by atoms with Crippen LogP contribution in [0.3, 0.4) is 0 Å². The van der Waals surface area contributed by atoms with Gasteiger partial charge in [0.15, 0.2) is 0 Å². The molecule has 0 aromatic rings. The van der Waals surface area contributed by atoms with Gasteiger partial charge in [-0.3, -0.25) is 0 Å². The number of hydrogen-bond acceptors (Lipinski definition) is 1. The molecular formula is C5H6ORu-. The Balaban J connectivity index is 0.000000490. The quantitative estimate of drug-likeness (QED) is 0.562. The fourth-order valence-electron chi connectivity index (χ4n) is 0.464. The minimum atomic E-state index is 0. The normalized spacial score (nSPS) is 19.0. The third-order valence-corrected chi connectivity index (χ3v) is 1.64. The Kier molecular flexibility index (Phi) is 1.29. The van der Waals surface area contributed by atoms with Gasteiger partial charge in [-0.25, -0.2) is 0 Å². The summed E-state index contributed by atoms with van der Waals surface area (Å²) >= 11 is 2.39. The molecule has 41 valence electrons. The molecule has 1 aliphatic rings. The standard InChI is InChI=1S/C5H5O.Ru.H/c6-5-3-1-2-4-5;;/h1,3,6H,2H2;;/q;;-1. The fraction of sp³-hybridized carbons (Fsp3) is 0.200. The van der Waals surface area contributed by atoms with Crippen LogP contribution in [0, 0.1) is 0 Å². The van der Waals surface area contributed by atoms with Gasteiger partial charge in [-0.05, 0) is 0 Å². The van der Waals surface area contributed by atoms with Gasteiger partial charge in [-0.15, -0.1) is 0 Å². The maximum absolute atomic E-state index is 8.77. The van der Waals surface area contributed by atoms with E-state index in [-0.39, 0.29) is 1.43 Å². The first-order chi connectivity index (χ1) is 3.30. The molecule has 0 fully saturated rings. The molecule has 1 rings (SSSR count). The van der Waals surface area contributed by atoms with Gasteiger partial charge in [-0.1, -0.05) is 0 Å². The Morgan fingerprint density at radius 3 is 2.71 bits per heavy atom. The van der Waals surface area contributed by atoms with Crippen LogP contribution in [0.5, 0.6) is 0 Å². The summed E-state index contributed by atoms with van der Waals surface area (Å²) in [6.07, 6.45) is 4.54. The molecular weight excluding hydrogens is 177 g/mol. The van der Waals surface area contributed by atoms with Gasteiger partial charge < -0.3 is 1.43 Å². The Hall–Kier alpha value is -0.0966. The SMILES string of the molecule is OC1=[C]([Ru])CC=C1.[H-]. The monoisotopic (exact) mass is 184 g/mol. The van der Waals surface area contributed by atoms with Crippen LogP contribution in [0.4, 0.5) is 0 Å². The molecule has 1 nitrogen and oxygen atoms in total. The van der Waals surface area contributed by atoms with Crippen LogP contribution in [-0.4, -0.2) is 5.11 Å². The molecule has 0 saturated carbocycles. The number of aliphatic hydroxyl groups is 1. The van der Waals surface area contributed by atoms with Crippen LogP contribution < -0.4 is 0 Å². The zero-order valence-electron chi connectivity index (χ0n) is 4.66. The van der Waals surface area contributed by atoms with Crippen molar-refractivity contribution in [3.63, 3.8) is 0 Å². The average Bonchev–Trinajstić information content (AvgIpc) is 1.91. The predicted molar refractivity (Wildman–Crippen MR) is 24.5 cm³/mol. The molecule has 0 heterocycles. The van der Waals surface area contributed by atoms with Crippen molar-refractivity contribution in [1.82, 2.24) is 0 Å². The van der Waals surface area contributed by atoms with Crippen LogP contribution in [-0.2, 0) is 18.3 Å². The summed E-state index contributed by atoms with van der Waals surface area (Å²) in [7, 11) is 0. The zero-order valence-corrected chi connectivity index (χ0v) is 5.40. The summed E-state index contributed by atoms with van der Waals surface area (Å²) in [6.45, 7) is 0. The van der Waals surface area contributed by atoms with E-state index in [9.17, 15) is 0 Å². The van der Waals surface area contributed by atoms with Crippen molar-refractivity contribution in [3.05, 3.63) is 22.1 Å². The third-order valence-electron chi connectivity index (χ3n) is 0.839. The van der Waals surface area contributed by atoms with Crippen molar-refractivity contribution >= 4 is 0 Å². The van der Waals surface area contributed by atoms with Gasteiger partial charge in [0.25, 0.3) is 0 Å². The molecule has 0 spiro atoms. The maximum atomic E-state index is 8.77.